The van der Waals surface area contributed by atoms with Gasteiger partial charge in [-0.3, -0.25) is 4.98 Å². The molecule has 0 saturated heterocycles. The molecular formula is C15H17ClN2. The van der Waals surface area contributed by atoms with E-state index in [2.05, 4.69) is 37.1 Å². The fourth-order valence-corrected chi connectivity index (χ4v) is 2.03. The van der Waals surface area contributed by atoms with E-state index in [0.29, 0.717) is 0 Å². The smallest absolute Gasteiger partial charge is 0.0536 e. The molecule has 0 aliphatic heterocycles. The van der Waals surface area contributed by atoms with Crippen LogP contribution in [0.4, 0.5) is 5.69 Å². The first kappa shape index (κ1) is 12.9. The van der Waals surface area contributed by atoms with Gasteiger partial charge in [-0.05, 0) is 32.9 Å². The Bertz CT molecular complexity index is 544. The monoisotopic (exact) mass is 260 g/mol. The Kier molecular flexibility index (Phi) is 3.58. The Labute approximate surface area is 113 Å². The number of halogens is 1. The van der Waals surface area contributed by atoms with Crippen LogP contribution in [-0.4, -0.2) is 10.5 Å². The highest BCUT2D eigenvalue weighted by Gasteiger charge is 2.10. The summed E-state index contributed by atoms with van der Waals surface area (Å²) in [4.78, 5) is 4.27. The number of nitrogens with zero attached hydrogens (tertiary/aromatic N) is 1. The molecule has 0 fully saturated rings. The molecule has 0 bridgehead atoms. The fraction of sp³-hybridized carbons (Fsp3) is 0.267. The van der Waals surface area contributed by atoms with Gasteiger partial charge in [0.15, 0.2) is 0 Å². The third-order valence-electron chi connectivity index (χ3n) is 2.44. The van der Waals surface area contributed by atoms with Crippen LogP contribution in [0.15, 0.2) is 42.7 Å². The predicted molar refractivity (Wildman–Crippen MR) is 78.1 cm³/mol. The molecule has 1 aromatic heterocycles. The minimum Gasteiger partial charge on any atom is -0.379 e. The van der Waals surface area contributed by atoms with Gasteiger partial charge < -0.3 is 5.32 Å². The fourth-order valence-electron chi connectivity index (χ4n) is 1.78. The van der Waals surface area contributed by atoms with Gasteiger partial charge in [0.25, 0.3) is 0 Å². The Morgan fingerprint density at radius 2 is 1.83 bits per heavy atom. The topological polar surface area (TPSA) is 24.9 Å². The van der Waals surface area contributed by atoms with Crippen molar-refractivity contribution in [1.82, 2.24) is 4.98 Å². The number of aromatic nitrogens is 1. The maximum absolute atomic E-state index is 6.20. The summed E-state index contributed by atoms with van der Waals surface area (Å²) in [7, 11) is 0. The first-order chi connectivity index (χ1) is 8.46. The second-order valence-electron chi connectivity index (χ2n) is 5.32. The Hall–Kier alpha value is -1.54. The lowest BCUT2D eigenvalue weighted by Crippen LogP contribution is -2.26. The number of hydrogen-bond donors (Lipinski definition) is 1. The zero-order valence-corrected chi connectivity index (χ0v) is 11.6. The highest BCUT2D eigenvalue weighted by Crippen LogP contribution is 2.28. The van der Waals surface area contributed by atoms with Crippen molar-refractivity contribution in [3.63, 3.8) is 0 Å². The minimum absolute atomic E-state index is 0.0147. The van der Waals surface area contributed by atoms with E-state index < -0.39 is 0 Å². The molecule has 2 aromatic rings. The second kappa shape index (κ2) is 4.99. The van der Waals surface area contributed by atoms with Crippen LogP contribution in [0, 0.1) is 0 Å². The molecule has 0 aliphatic carbocycles. The van der Waals surface area contributed by atoms with Gasteiger partial charge in [-0.15, -0.1) is 0 Å². The molecular weight excluding hydrogens is 244 g/mol. The van der Waals surface area contributed by atoms with E-state index >= 15 is 0 Å². The van der Waals surface area contributed by atoms with Gasteiger partial charge in [0.1, 0.15) is 0 Å². The van der Waals surface area contributed by atoms with E-state index in [1.54, 1.807) is 0 Å². The standard InChI is InChI=1S/C15H17ClN2/c1-15(2,3)18-12-8-11(9-17-10-12)13-6-4-5-7-14(13)16/h4-10,18H,1-3H3. The predicted octanol–water partition coefficient (Wildman–Crippen LogP) is 4.61. The summed E-state index contributed by atoms with van der Waals surface area (Å²) in [6.45, 7) is 6.36. The van der Waals surface area contributed by atoms with Crippen LogP contribution in [0.1, 0.15) is 20.8 Å². The van der Waals surface area contributed by atoms with Gasteiger partial charge in [0.05, 0.1) is 5.69 Å². The first-order valence-electron chi connectivity index (χ1n) is 5.94. The van der Waals surface area contributed by atoms with Crippen molar-refractivity contribution in [3.8, 4) is 11.1 Å². The maximum Gasteiger partial charge on any atom is 0.0536 e. The summed E-state index contributed by atoms with van der Waals surface area (Å²) in [6, 6.07) is 9.86. The molecule has 18 heavy (non-hydrogen) atoms. The van der Waals surface area contributed by atoms with Crippen LogP contribution in [0.3, 0.4) is 0 Å². The van der Waals surface area contributed by atoms with Crippen LogP contribution in [-0.2, 0) is 0 Å². The van der Waals surface area contributed by atoms with Gasteiger partial charge in [-0.25, -0.2) is 0 Å². The number of rotatable bonds is 2. The summed E-state index contributed by atoms with van der Waals surface area (Å²) in [5, 5.41) is 4.15. The molecule has 2 nitrogen and oxygen atoms in total. The highest BCUT2D eigenvalue weighted by atomic mass is 35.5. The van der Waals surface area contributed by atoms with E-state index in [-0.39, 0.29) is 5.54 Å². The normalized spacial score (nSPS) is 11.3. The van der Waals surface area contributed by atoms with Crippen molar-refractivity contribution in [3.05, 3.63) is 47.7 Å². The van der Waals surface area contributed by atoms with E-state index in [1.165, 1.54) is 0 Å². The molecule has 1 heterocycles. The molecule has 0 amide bonds. The molecule has 0 unspecified atom stereocenters. The number of nitrogens with one attached hydrogen (secondary N) is 1. The largest absolute Gasteiger partial charge is 0.379 e. The van der Waals surface area contributed by atoms with Crippen molar-refractivity contribution in [2.75, 3.05) is 5.32 Å². The molecule has 2 rings (SSSR count). The van der Waals surface area contributed by atoms with Crippen LogP contribution >= 0.6 is 11.6 Å². The molecule has 1 aromatic carbocycles. The zero-order valence-electron chi connectivity index (χ0n) is 10.9. The number of benzene rings is 1. The molecule has 0 atom stereocenters. The van der Waals surface area contributed by atoms with Crippen molar-refractivity contribution in [2.24, 2.45) is 0 Å². The molecule has 94 valence electrons. The van der Waals surface area contributed by atoms with E-state index in [1.807, 2.05) is 36.7 Å². The SMILES string of the molecule is CC(C)(C)Nc1cncc(-c2ccccc2Cl)c1. The Balaban J connectivity index is 2.36. The highest BCUT2D eigenvalue weighted by molar-refractivity contribution is 6.33. The molecule has 3 heteroatoms. The summed E-state index contributed by atoms with van der Waals surface area (Å²) in [5.41, 5.74) is 3.04. The summed E-state index contributed by atoms with van der Waals surface area (Å²) in [5.74, 6) is 0. The quantitative estimate of drug-likeness (QED) is 0.853. The van der Waals surface area contributed by atoms with Gasteiger partial charge in [-0.1, -0.05) is 29.8 Å². The van der Waals surface area contributed by atoms with E-state index in [9.17, 15) is 0 Å². The number of pyridine rings is 1. The van der Waals surface area contributed by atoms with Crippen molar-refractivity contribution >= 4 is 17.3 Å². The summed E-state index contributed by atoms with van der Waals surface area (Å²) in [6.07, 6.45) is 3.65. The zero-order chi connectivity index (χ0) is 13.2. The first-order valence-corrected chi connectivity index (χ1v) is 6.32. The summed E-state index contributed by atoms with van der Waals surface area (Å²) >= 11 is 6.20. The van der Waals surface area contributed by atoms with Crippen LogP contribution in [0.25, 0.3) is 11.1 Å². The third kappa shape index (κ3) is 3.23. The lowest BCUT2D eigenvalue weighted by Gasteiger charge is -2.22. The lowest BCUT2D eigenvalue weighted by molar-refractivity contribution is 0.633. The Morgan fingerprint density at radius 3 is 2.50 bits per heavy atom. The second-order valence-corrected chi connectivity index (χ2v) is 5.72. The van der Waals surface area contributed by atoms with Gasteiger partial charge in [0.2, 0.25) is 0 Å². The van der Waals surface area contributed by atoms with E-state index in [0.717, 1.165) is 21.8 Å². The minimum atomic E-state index is 0.0147. The summed E-state index contributed by atoms with van der Waals surface area (Å²) < 4.78 is 0. The Morgan fingerprint density at radius 1 is 1.11 bits per heavy atom. The van der Waals surface area contributed by atoms with Crippen molar-refractivity contribution in [2.45, 2.75) is 26.3 Å². The van der Waals surface area contributed by atoms with Crippen molar-refractivity contribution in [1.29, 1.82) is 0 Å². The number of hydrogen-bond acceptors (Lipinski definition) is 2. The van der Waals surface area contributed by atoms with Crippen LogP contribution in [0.5, 0.6) is 0 Å². The molecule has 0 spiro atoms. The average molecular weight is 261 g/mol. The average Bonchev–Trinajstić information content (AvgIpc) is 2.27. The third-order valence-corrected chi connectivity index (χ3v) is 2.77. The molecule has 0 saturated carbocycles. The van der Waals surface area contributed by atoms with Crippen LogP contribution < -0.4 is 5.32 Å². The van der Waals surface area contributed by atoms with Gasteiger partial charge in [0, 0.05) is 34.1 Å². The van der Waals surface area contributed by atoms with Gasteiger partial charge in [-0.2, -0.15) is 0 Å². The van der Waals surface area contributed by atoms with E-state index in [4.69, 9.17) is 11.6 Å². The van der Waals surface area contributed by atoms with Crippen molar-refractivity contribution < 1.29 is 0 Å². The van der Waals surface area contributed by atoms with Crippen LogP contribution in [0.2, 0.25) is 5.02 Å². The lowest BCUT2D eigenvalue weighted by atomic mass is 10.1. The maximum atomic E-state index is 6.20. The molecule has 0 aliphatic rings. The number of anilines is 1. The molecule has 0 radical (unpaired) electrons. The van der Waals surface area contributed by atoms with Gasteiger partial charge >= 0.3 is 0 Å². The molecule has 1 N–H and O–H groups in total.